The Morgan fingerprint density at radius 3 is 2.69 bits per heavy atom. The Morgan fingerprint density at radius 2 is 1.96 bits per heavy atom. The maximum atomic E-state index is 5.43. The van der Waals surface area contributed by atoms with Crippen LogP contribution in [0.1, 0.15) is 25.0 Å². The molecule has 1 aromatic heterocycles. The van der Waals surface area contributed by atoms with Crippen LogP contribution in [-0.4, -0.2) is 31.2 Å². The summed E-state index contributed by atoms with van der Waals surface area (Å²) in [5.74, 6) is 2.24. The fourth-order valence-electron chi connectivity index (χ4n) is 2.32. The summed E-state index contributed by atoms with van der Waals surface area (Å²) in [4.78, 5) is 8.80. The lowest BCUT2D eigenvalue weighted by Crippen LogP contribution is -2.36. The summed E-state index contributed by atoms with van der Waals surface area (Å²) in [5, 5.41) is 6.59. The molecule has 2 aromatic rings. The number of aromatic nitrogens is 1. The summed E-state index contributed by atoms with van der Waals surface area (Å²) in [6.07, 6.45) is 1.74. The second-order valence-corrected chi connectivity index (χ2v) is 5.30. The molecule has 0 radical (unpaired) electrons. The molecule has 142 valence electrons. The van der Waals surface area contributed by atoms with Gasteiger partial charge in [0.05, 0.1) is 20.3 Å². The molecule has 2 rings (SSSR count). The topological polar surface area (TPSA) is 67.8 Å². The zero-order chi connectivity index (χ0) is 17.9. The van der Waals surface area contributed by atoms with Crippen molar-refractivity contribution in [3.63, 3.8) is 0 Å². The van der Waals surface area contributed by atoms with E-state index in [-0.39, 0.29) is 24.0 Å². The molecule has 0 spiro atoms. The summed E-state index contributed by atoms with van der Waals surface area (Å²) in [7, 11) is 1.68. The first-order valence-corrected chi connectivity index (χ1v) is 8.48. The third-order valence-corrected chi connectivity index (χ3v) is 3.49. The molecule has 1 heterocycles. The normalized spacial score (nSPS) is 10.7. The first-order valence-electron chi connectivity index (χ1n) is 8.48. The molecule has 0 saturated carbocycles. The highest BCUT2D eigenvalue weighted by Crippen LogP contribution is 2.16. The van der Waals surface area contributed by atoms with Gasteiger partial charge in [-0.15, -0.1) is 24.0 Å². The van der Waals surface area contributed by atoms with E-state index in [1.54, 1.807) is 13.3 Å². The molecule has 2 N–H and O–H groups in total. The molecular formula is C19H27IN4O2. The van der Waals surface area contributed by atoms with E-state index in [0.717, 1.165) is 29.4 Å². The maximum absolute atomic E-state index is 5.43. The van der Waals surface area contributed by atoms with Gasteiger partial charge in [-0.2, -0.15) is 0 Å². The van der Waals surface area contributed by atoms with Crippen LogP contribution in [0.3, 0.4) is 0 Å². The standard InChI is InChI=1S/C19H26N4O2.HI/c1-4-20-19(23-14-16-8-6-7-9-17(16)24-3)22-13-15-10-11-21-18(12-15)25-5-2;/h6-12H,4-5,13-14H2,1-3H3,(H2,20,22,23);1H. The molecule has 0 amide bonds. The SMILES string of the molecule is CCNC(=NCc1ccnc(OCC)c1)NCc1ccccc1OC.I. The van der Waals surface area contributed by atoms with Gasteiger partial charge in [0.25, 0.3) is 0 Å². The number of halogens is 1. The van der Waals surface area contributed by atoms with Gasteiger partial charge in [-0.3, -0.25) is 0 Å². The van der Waals surface area contributed by atoms with Gasteiger partial charge in [0.2, 0.25) is 5.88 Å². The molecule has 0 bridgehead atoms. The summed E-state index contributed by atoms with van der Waals surface area (Å²) >= 11 is 0. The number of hydrogen-bond acceptors (Lipinski definition) is 4. The van der Waals surface area contributed by atoms with Crippen molar-refractivity contribution in [1.29, 1.82) is 0 Å². The Balaban J connectivity index is 0.00000338. The Hall–Kier alpha value is -2.03. The fourth-order valence-corrected chi connectivity index (χ4v) is 2.32. The number of ether oxygens (including phenoxy) is 2. The molecule has 0 aliphatic carbocycles. The van der Waals surface area contributed by atoms with Crippen LogP contribution >= 0.6 is 24.0 Å². The molecule has 0 unspecified atom stereocenters. The van der Waals surface area contributed by atoms with E-state index in [0.29, 0.717) is 25.6 Å². The summed E-state index contributed by atoms with van der Waals surface area (Å²) in [5.41, 5.74) is 2.13. The van der Waals surface area contributed by atoms with Crippen molar-refractivity contribution in [2.75, 3.05) is 20.3 Å². The van der Waals surface area contributed by atoms with Crippen LogP contribution in [0.2, 0.25) is 0 Å². The van der Waals surface area contributed by atoms with E-state index in [1.807, 2.05) is 50.2 Å². The molecular weight excluding hydrogens is 443 g/mol. The van der Waals surface area contributed by atoms with Gasteiger partial charge >= 0.3 is 0 Å². The Labute approximate surface area is 172 Å². The Morgan fingerprint density at radius 1 is 1.15 bits per heavy atom. The number of methoxy groups -OCH3 is 1. The van der Waals surface area contributed by atoms with Crippen LogP contribution < -0.4 is 20.1 Å². The predicted molar refractivity (Wildman–Crippen MR) is 115 cm³/mol. The summed E-state index contributed by atoms with van der Waals surface area (Å²) < 4.78 is 10.8. The maximum Gasteiger partial charge on any atom is 0.213 e. The molecule has 0 aliphatic rings. The van der Waals surface area contributed by atoms with Crippen LogP contribution in [0.4, 0.5) is 0 Å². The van der Waals surface area contributed by atoms with Crippen LogP contribution in [-0.2, 0) is 13.1 Å². The quantitative estimate of drug-likeness (QED) is 0.352. The van der Waals surface area contributed by atoms with Crippen LogP contribution in [0.15, 0.2) is 47.6 Å². The molecule has 0 aliphatic heterocycles. The molecule has 0 fully saturated rings. The number of rotatable bonds is 8. The number of guanidine groups is 1. The van der Waals surface area contributed by atoms with Crippen LogP contribution in [0, 0.1) is 0 Å². The lowest BCUT2D eigenvalue weighted by atomic mass is 10.2. The van der Waals surface area contributed by atoms with Gasteiger partial charge in [0.1, 0.15) is 5.75 Å². The van der Waals surface area contributed by atoms with Crippen molar-refractivity contribution in [2.45, 2.75) is 26.9 Å². The third kappa shape index (κ3) is 7.07. The van der Waals surface area contributed by atoms with Crippen molar-refractivity contribution in [1.82, 2.24) is 15.6 Å². The van der Waals surface area contributed by atoms with Crippen molar-refractivity contribution < 1.29 is 9.47 Å². The second kappa shape index (κ2) is 12.3. The highest BCUT2D eigenvalue weighted by atomic mass is 127. The zero-order valence-corrected chi connectivity index (χ0v) is 17.8. The molecule has 0 atom stereocenters. The fraction of sp³-hybridized carbons (Fsp3) is 0.368. The van der Waals surface area contributed by atoms with Crippen LogP contribution in [0.5, 0.6) is 11.6 Å². The van der Waals surface area contributed by atoms with E-state index >= 15 is 0 Å². The number of aliphatic imine (C=N–C) groups is 1. The second-order valence-electron chi connectivity index (χ2n) is 5.30. The number of pyridine rings is 1. The third-order valence-electron chi connectivity index (χ3n) is 3.49. The number of benzene rings is 1. The van der Waals surface area contributed by atoms with Crippen molar-refractivity contribution in [3.8, 4) is 11.6 Å². The van der Waals surface area contributed by atoms with Gasteiger partial charge in [0, 0.05) is 30.9 Å². The van der Waals surface area contributed by atoms with Crippen molar-refractivity contribution in [2.24, 2.45) is 4.99 Å². The molecule has 1 aromatic carbocycles. The van der Waals surface area contributed by atoms with Crippen molar-refractivity contribution in [3.05, 3.63) is 53.7 Å². The molecule has 26 heavy (non-hydrogen) atoms. The minimum absolute atomic E-state index is 0. The molecule has 6 nitrogen and oxygen atoms in total. The lowest BCUT2D eigenvalue weighted by Gasteiger charge is -2.13. The summed E-state index contributed by atoms with van der Waals surface area (Å²) in [6.45, 7) is 6.55. The van der Waals surface area contributed by atoms with Gasteiger partial charge < -0.3 is 20.1 Å². The van der Waals surface area contributed by atoms with E-state index in [4.69, 9.17) is 9.47 Å². The Kier molecular flexibility index (Phi) is 10.5. The van der Waals surface area contributed by atoms with E-state index in [2.05, 4.69) is 20.6 Å². The minimum Gasteiger partial charge on any atom is -0.496 e. The Bertz CT molecular complexity index is 695. The van der Waals surface area contributed by atoms with Gasteiger partial charge in [0.15, 0.2) is 5.96 Å². The largest absolute Gasteiger partial charge is 0.496 e. The number of hydrogen-bond donors (Lipinski definition) is 2. The minimum atomic E-state index is 0. The van der Waals surface area contributed by atoms with E-state index < -0.39 is 0 Å². The van der Waals surface area contributed by atoms with Gasteiger partial charge in [-0.25, -0.2) is 9.98 Å². The highest BCUT2D eigenvalue weighted by molar-refractivity contribution is 14.0. The molecule has 7 heteroatoms. The summed E-state index contributed by atoms with van der Waals surface area (Å²) in [6, 6.07) is 11.8. The van der Waals surface area contributed by atoms with E-state index in [9.17, 15) is 0 Å². The van der Waals surface area contributed by atoms with Gasteiger partial charge in [-0.05, 0) is 31.5 Å². The molecule has 0 saturated heterocycles. The zero-order valence-electron chi connectivity index (χ0n) is 15.5. The van der Waals surface area contributed by atoms with Crippen molar-refractivity contribution >= 4 is 29.9 Å². The average molecular weight is 470 g/mol. The average Bonchev–Trinajstić information content (AvgIpc) is 2.65. The first-order chi connectivity index (χ1) is 12.3. The first kappa shape index (κ1) is 22.0. The number of para-hydroxylation sites is 1. The lowest BCUT2D eigenvalue weighted by molar-refractivity contribution is 0.326. The highest BCUT2D eigenvalue weighted by Gasteiger charge is 2.04. The van der Waals surface area contributed by atoms with E-state index in [1.165, 1.54) is 0 Å². The monoisotopic (exact) mass is 470 g/mol. The van der Waals surface area contributed by atoms with Crippen LogP contribution in [0.25, 0.3) is 0 Å². The smallest absolute Gasteiger partial charge is 0.213 e. The predicted octanol–water partition coefficient (Wildman–Crippen LogP) is 3.36. The number of nitrogens with zero attached hydrogens (tertiary/aromatic N) is 2. The van der Waals surface area contributed by atoms with Gasteiger partial charge in [-0.1, -0.05) is 18.2 Å². The number of nitrogens with one attached hydrogen (secondary N) is 2.